The smallest absolute Gasteiger partial charge is 0.313 e. The van der Waals surface area contributed by atoms with Crippen LogP contribution in [0.25, 0.3) is 0 Å². The van der Waals surface area contributed by atoms with Gasteiger partial charge in [-0.3, -0.25) is 4.90 Å². The Hall–Kier alpha value is -0.590. The van der Waals surface area contributed by atoms with Crippen molar-refractivity contribution in [2.75, 3.05) is 26.7 Å². The first kappa shape index (κ1) is 17.5. The molecule has 0 saturated heterocycles. The van der Waals surface area contributed by atoms with E-state index < -0.39 is 12.7 Å². The molecule has 1 rings (SSSR count). The van der Waals surface area contributed by atoms with Crippen molar-refractivity contribution < 1.29 is 13.2 Å². The Morgan fingerprint density at radius 3 is 2.30 bits per heavy atom. The molecule has 0 bridgehead atoms. The van der Waals surface area contributed by atoms with Crippen LogP contribution >= 0.6 is 15.9 Å². The molecule has 0 radical (unpaired) electrons. The van der Waals surface area contributed by atoms with E-state index in [2.05, 4.69) is 21.2 Å². The van der Waals surface area contributed by atoms with Crippen LogP contribution in [0.15, 0.2) is 28.7 Å². The fourth-order valence-electron chi connectivity index (χ4n) is 2.09. The third kappa shape index (κ3) is 6.24. The van der Waals surface area contributed by atoms with Gasteiger partial charge in [-0.05, 0) is 37.7 Å². The van der Waals surface area contributed by atoms with Crippen LogP contribution in [0.5, 0.6) is 0 Å². The van der Waals surface area contributed by atoms with Crippen molar-refractivity contribution in [2.24, 2.45) is 0 Å². The van der Waals surface area contributed by atoms with Gasteiger partial charge in [-0.2, -0.15) is 13.2 Å². The van der Waals surface area contributed by atoms with Crippen molar-refractivity contribution in [3.63, 3.8) is 0 Å². The number of rotatable bonds is 7. The van der Waals surface area contributed by atoms with Crippen molar-refractivity contribution in [1.82, 2.24) is 10.2 Å². The number of hydrogen-bond donors (Lipinski definition) is 1. The van der Waals surface area contributed by atoms with Gasteiger partial charge in [0.1, 0.15) is 0 Å². The Labute approximate surface area is 126 Å². The summed E-state index contributed by atoms with van der Waals surface area (Å²) in [6.45, 7) is 1.72. The Balaban J connectivity index is 2.58. The Morgan fingerprint density at radius 1 is 1.25 bits per heavy atom. The van der Waals surface area contributed by atoms with Crippen molar-refractivity contribution in [2.45, 2.75) is 25.6 Å². The minimum Gasteiger partial charge on any atom is -0.313 e. The van der Waals surface area contributed by atoms with E-state index in [1.807, 2.05) is 31.3 Å². The zero-order valence-corrected chi connectivity index (χ0v) is 13.3. The number of nitrogens with one attached hydrogen (secondary N) is 1. The van der Waals surface area contributed by atoms with Gasteiger partial charge in [-0.15, -0.1) is 0 Å². The van der Waals surface area contributed by atoms with Gasteiger partial charge < -0.3 is 5.32 Å². The second-order valence-electron chi connectivity index (χ2n) is 4.67. The summed E-state index contributed by atoms with van der Waals surface area (Å²) in [6, 6.07) is 7.89. The topological polar surface area (TPSA) is 15.3 Å². The van der Waals surface area contributed by atoms with Gasteiger partial charge in [-0.1, -0.05) is 35.0 Å². The van der Waals surface area contributed by atoms with E-state index in [9.17, 15) is 13.2 Å². The lowest BCUT2D eigenvalue weighted by atomic mass is 10.0. The number of nitrogens with zero attached hydrogens (tertiary/aromatic N) is 1. The van der Waals surface area contributed by atoms with E-state index in [0.29, 0.717) is 19.5 Å². The van der Waals surface area contributed by atoms with Crippen LogP contribution in [0.3, 0.4) is 0 Å². The molecule has 0 heterocycles. The van der Waals surface area contributed by atoms with E-state index in [-0.39, 0.29) is 6.04 Å². The van der Waals surface area contributed by atoms with Gasteiger partial charge in [0.15, 0.2) is 0 Å². The van der Waals surface area contributed by atoms with Gasteiger partial charge in [0.05, 0.1) is 6.54 Å². The third-order valence-electron chi connectivity index (χ3n) is 3.20. The maximum Gasteiger partial charge on any atom is 0.401 e. The molecule has 0 aliphatic heterocycles. The van der Waals surface area contributed by atoms with Gasteiger partial charge in [0.2, 0.25) is 0 Å². The number of alkyl halides is 3. The average Bonchev–Trinajstić information content (AvgIpc) is 2.38. The summed E-state index contributed by atoms with van der Waals surface area (Å²) in [5, 5.41) is 3.16. The summed E-state index contributed by atoms with van der Waals surface area (Å²) in [5.41, 5.74) is 1.08. The number of hydrogen-bond acceptors (Lipinski definition) is 2. The molecule has 114 valence electrons. The lowest BCUT2D eigenvalue weighted by Gasteiger charge is -2.25. The van der Waals surface area contributed by atoms with Crippen molar-refractivity contribution in [3.8, 4) is 0 Å². The van der Waals surface area contributed by atoms with Crippen LogP contribution in [-0.4, -0.2) is 37.8 Å². The highest BCUT2D eigenvalue weighted by molar-refractivity contribution is 9.10. The highest BCUT2D eigenvalue weighted by Crippen LogP contribution is 2.21. The molecular formula is C14H20BrF3N2. The first-order chi connectivity index (χ1) is 9.35. The van der Waals surface area contributed by atoms with E-state index in [1.54, 1.807) is 6.92 Å². The lowest BCUT2D eigenvalue weighted by molar-refractivity contribution is -0.145. The highest BCUT2D eigenvalue weighted by atomic mass is 79.9. The first-order valence-electron chi connectivity index (χ1n) is 6.57. The molecule has 20 heavy (non-hydrogen) atoms. The summed E-state index contributed by atoms with van der Waals surface area (Å²) < 4.78 is 38.2. The second-order valence-corrected chi connectivity index (χ2v) is 5.58. The van der Waals surface area contributed by atoms with Crippen molar-refractivity contribution >= 4 is 15.9 Å². The van der Waals surface area contributed by atoms with Crippen LogP contribution < -0.4 is 5.32 Å². The Kier molecular flexibility index (Phi) is 6.99. The van der Waals surface area contributed by atoms with Gasteiger partial charge >= 0.3 is 6.18 Å². The molecule has 1 unspecified atom stereocenters. The monoisotopic (exact) mass is 352 g/mol. The maximum atomic E-state index is 12.4. The normalized spacial score (nSPS) is 13.8. The first-order valence-corrected chi connectivity index (χ1v) is 7.37. The van der Waals surface area contributed by atoms with E-state index in [1.165, 1.54) is 4.90 Å². The molecule has 0 aliphatic carbocycles. The molecule has 0 spiro atoms. The number of benzene rings is 1. The molecule has 0 fully saturated rings. The zero-order valence-electron chi connectivity index (χ0n) is 11.7. The quantitative estimate of drug-likeness (QED) is 0.798. The van der Waals surface area contributed by atoms with E-state index in [0.717, 1.165) is 10.0 Å². The second kappa shape index (κ2) is 8.00. The predicted molar refractivity (Wildman–Crippen MR) is 78.7 cm³/mol. The summed E-state index contributed by atoms with van der Waals surface area (Å²) in [7, 11) is 1.83. The van der Waals surface area contributed by atoms with Gasteiger partial charge in [0, 0.05) is 17.1 Å². The zero-order chi connectivity index (χ0) is 15.2. The van der Waals surface area contributed by atoms with Crippen LogP contribution in [0.4, 0.5) is 13.2 Å². The molecule has 2 nitrogen and oxygen atoms in total. The lowest BCUT2D eigenvalue weighted by Crippen LogP contribution is -2.36. The minimum atomic E-state index is -4.14. The van der Waals surface area contributed by atoms with Crippen LogP contribution in [0, 0.1) is 0 Å². The molecule has 1 atom stereocenters. The molecule has 1 aromatic carbocycles. The molecule has 0 saturated carbocycles. The van der Waals surface area contributed by atoms with Crippen LogP contribution in [0.2, 0.25) is 0 Å². The predicted octanol–water partition coefficient (Wildman–Crippen LogP) is 3.98. The molecule has 0 aromatic heterocycles. The van der Waals surface area contributed by atoms with Crippen molar-refractivity contribution in [1.29, 1.82) is 0 Å². The molecule has 6 heteroatoms. The van der Waals surface area contributed by atoms with Gasteiger partial charge in [-0.25, -0.2) is 0 Å². The van der Waals surface area contributed by atoms with Crippen LogP contribution in [0.1, 0.15) is 24.9 Å². The standard InChI is InChI=1S/C14H20BrF3N2/c1-3-20(10-14(16,17)18)9-8-13(19-2)11-4-6-12(15)7-5-11/h4-7,13,19H,3,8-10H2,1-2H3. The highest BCUT2D eigenvalue weighted by Gasteiger charge is 2.30. The van der Waals surface area contributed by atoms with Gasteiger partial charge in [0.25, 0.3) is 0 Å². The molecule has 0 amide bonds. The van der Waals surface area contributed by atoms with Crippen molar-refractivity contribution in [3.05, 3.63) is 34.3 Å². The van der Waals surface area contributed by atoms with Crippen LogP contribution in [-0.2, 0) is 0 Å². The molecule has 1 N–H and O–H groups in total. The Bertz CT molecular complexity index is 392. The fraction of sp³-hybridized carbons (Fsp3) is 0.571. The SMILES string of the molecule is CCN(CCC(NC)c1ccc(Br)cc1)CC(F)(F)F. The maximum absolute atomic E-state index is 12.4. The number of halogens is 4. The van der Waals surface area contributed by atoms with E-state index in [4.69, 9.17) is 0 Å². The summed E-state index contributed by atoms with van der Waals surface area (Å²) >= 11 is 3.37. The fourth-order valence-corrected chi connectivity index (χ4v) is 2.35. The van der Waals surface area contributed by atoms with E-state index >= 15 is 0 Å². The Morgan fingerprint density at radius 2 is 1.85 bits per heavy atom. The molecule has 0 aliphatic rings. The average molecular weight is 353 g/mol. The minimum absolute atomic E-state index is 0.0605. The summed E-state index contributed by atoms with van der Waals surface area (Å²) in [5.74, 6) is 0. The summed E-state index contributed by atoms with van der Waals surface area (Å²) in [6.07, 6.45) is -3.50. The molecule has 1 aromatic rings. The largest absolute Gasteiger partial charge is 0.401 e. The summed E-state index contributed by atoms with van der Waals surface area (Å²) in [4.78, 5) is 1.42. The third-order valence-corrected chi connectivity index (χ3v) is 3.73. The molecular weight excluding hydrogens is 333 g/mol.